The summed E-state index contributed by atoms with van der Waals surface area (Å²) in [6, 6.07) is 8.52. The van der Waals surface area contributed by atoms with Crippen molar-refractivity contribution in [2.24, 2.45) is 0 Å². The molecule has 1 aromatic carbocycles. The normalized spacial score (nSPS) is 11.3. The molecule has 2 rings (SSSR count). The summed E-state index contributed by atoms with van der Waals surface area (Å²) in [7, 11) is 0. The zero-order valence-corrected chi connectivity index (χ0v) is 15.1. The molecule has 0 bridgehead atoms. The number of carbonyl (C=O) groups is 3. The molecule has 9 heteroatoms. The average Bonchev–Trinajstić information content (AvgIpc) is 2.64. The molecule has 9 nitrogen and oxygen atoms in total. The van der Waals surface area contributed by atoms with E-state index in [1.165, 1.54) is 25.3 Å². The molecular weight excluding hydrogens is 350 g/mol. The molecule has 1 heterocycles. The summed E-state index contributed by atoms with van der Waals surface area (Å²) in [6.45, 7) is 3.40. The van der Waals surface area contributed by atoms with Gasteiger partial charge in [-0.2, -0.15) is 5.10 Å². The van der Waals surface area contributed by atoms with E-state index in [0.29, 0.717) is 11.3 Å². The Bertz CT molecular complexity index is 876. The van der Waals surface area contributed by atoms with Crippen molar-refractivity contribution in [3.63, 3.8) is 0 Å². The van der Waals surface area contributed by atoms with Crippen LogP contribution >= 0.6 is 0 Å². The number of aromatic nitrogens is 2. The number of nitrogens with one attached hydrogen (secondary N) is 3. The number of hydrogen-bond donors (Lipinski definition) is 3. The largest absolute Gasteiger partial charge is 0.352 e. The summed E-state index contributed by atoms with van der Waals surface area (Å²) in [5, 5.41) is 11.8. The van der Waals surface area contributed by atoms with Crippen LogP contribution < -0.4 is 21.5 Å². The second-order valence-electron chi connectivity index (χ2n) is 5.79. The molecule has 0 radical (unpaired) electrons. The van der Waals surface area contributed by atoms with E-state index >= 15 is 0 Å². The molecule has 3 N–H and O–H groups in total. The highest BCUT2D eigenvalue weighted by Crippen LogP contribution is 2.09. The lowest BCUT2D eigenvalue weighted by Gasteiger charge is -2.13. The number of hydrogen-bond acceptors (Lipinski definition) is 5. The van der Waals surface area contributed by atoms with Crippen LogP contribution in [-0.2, 0) is 9.59 Å². The minimum absolute atomic E-state index is 0.190. The van der Waals surface area contributed by atoms with E-state index < -0.39 is 6.04 Å². The van der Waals surface area contributed by atoms with Gasteiger partial charge >= 0.3 is 0 Å². The summed E-state index contributed by atoms with van der Waals surface area (Å²) in [5.41, 5.74) is 0.671. The molecule has 0 aliphatic heterocycles. The zero-order valence-electron chi connectivity index (χ0n) is 15.1. The molecule has 0 saturated heterocycles. The molecular formula is C18H21N5O4. The maximum atomic E-state index is 12.1. The van der Waals surface area contributed by atoms with E-state index in [0.717, 1.165) is 4.68 Å². The predicted molar refractivity (Wildman–Crippen MR) is 99.3 cm³/mol. The van der Waals surface area contributed by atoms with Gasteiger partial charge in [-0.3, -0.25) is 19.2 Å². The fourth-order valence-corrected chi connectivity index (χ4v) is 2.29. The van der Waals surface area contributed by atoms with Crippen LogP contribution in [0.2, 0.25) is 0 Å². The van der Waals surface area contributed by atoms with Crippen LogP contribution in [0.1, 0.15) is 30.2 Å². The van der Waals surface area contributed by atoms with Gasteiger partial charge in [-0.15, -0.1) is 0 Å². The summed E-state index contributed by atoms with van der Waals surface area (Å²) >= 11 is 0. The molecule has 27 heavy (non-hydrogen) atoms. The van der Waals surface area contributed by atoms with E-state index in [-0.39, 0.29) is 36.4 Å². The summed E-state index contributed by atoms with van der Waals surface area (Å²) < 4.78 is 1.09. The molecule has 0 aliphatic carbocycles. The Balaban J connectivity index is 1.78. The first-order chi connectivity index (χ1) is 12.9. The van der Waals surface area contributed by atoms with Gasteiger partial charge in [-0.25, -0.2) is 4.68 Å². The number of amides is 3. The lowest BCUT2D eigenvalue weighted by molar-refractivity contribution is -0.124. The lowest BCUT2D eigenvalue weighted by atomic mass is 10.2. The smallest absolute Gasteiger partial charge is 0.267 e. The molecule has 0 saturated carbocycles. The van der Waals surface area contributed by atoms with Gasteiger partial charge in [-0.05, 0) is 37.3 Å². The van der Waals surface area contributed by atoms with E-state index in [2.05, 4.69) is 21.0 Å². The van der Waals surface area contributed by atoms with Crippen molar-refractivity contribution >= 4 is 23.4 Å². The first kappa shape index (κ1) is 19.8. The molecule has 0 fully saturated rings. The number of anilines is 1. The quantitative estimate of drug-likeness (QED) is 0.605. The van der Waals surface area contributed by atoms with Crippen LogP contribution in [-0.4, -0.2) is 40.6 Å². The topological polar surface area (TPSA) is 122 Å². The van der Waals surface area contributed by atoms with E-state index in [1.807, 2.05) is 0 Å². The van der Waals surface area contributed by atoms with Crippen LogP contribution in [0.15, 0.2) is 47.4 Å². The second-order valence-corrected chi connectivity index (χ2v) is 5.79. The minimum atomic E-state index is -0.754. The molecule has 1 atom stereocenters. The molecule has 0 spiro atoms. The third kappa shape index (κ3) is 5.77. The van der Waals surface area contributed by atoms with E-state index in [1.54, 1.807) is 31.2 Å². The summed E-state index contributed by atoms with van der Waals surface area (Å²) in [5.74, 6) is -0.859. The Morgan fingerprint density at radius 1 is 1.07 bits per heavy atom. The highest BCUT2D eigenvalue weighted by Gasteiger charge is 2.16. The Morgan fingerprint density at radius 3 is 2.37 bits per heavy atom. The monoisotopic (exact) mass is 371 g/mol. The van der Waals surface area contributed by atoms with Crippen LogP contribution in [0.4, 0.5) is 5.69 Å². The van der Waals surface area contributed by atoms with Gasteiger partial charge in [0.15, 0.2) is 0 Å². The maximum absolute atomic E-state index is 12.1. The van der Waals surface area contributed by atoms with Gasteiger partial charge in [0.2, 0.25) is 11.8 Å². The van der Waals surface area contributed by atoms with Crippen molar-refractivity contribution in [3.8, 4) is 0 Å². The number of carbonyl (C=O) groups excluding carboxylic acids is 3. The van der Waals surface area contributed by atoms with Crippen LogP contribution in [0, 0.1) is 0 Å². The van der Waals surface area contributed by atoms with E-state index in [9.17, 15) is 19.2 Å². The number of nitrogens with zero attached hydrogens (tertiary/aromatic N) is 2. The van der Waals surface area contributed by atoms with Gasteiger partial charge in [0.1, 0.15) is 6.04 Å². The third-order valence-electron chi connectivity index (χ3n) is 3.67. The van der Waals surface area contributed by atoms with Crippen molar-refractivity contribution < 1.29 is 14.4 Å². The van der Waals surface area contributed by atoms with Crippen molar-refractivity contribution in [1.82, 2.24) is 20.4 Å². The second kappa shape index (κ2) is 9.27. The van der Waals surface area contributed by atoms with Gasteiger partial charge in [-0.1, -0.05) is 0 Å². The number of rotatable bonds is 7. The van der Waals surface area contributed by atoms with Crippen molar-refractivity contribution in [3.05, 3.63) is 58.5 Å². The summed E-state index contributed by atoms with van der Waals surface area (Å²) in [6.07, 6.45) is 1.43. The lowest BCUT2D eigenvalue weighted by Crippen LogP contribution is -2.40. The van der Waals surface area contributed by atoms with Gasteiger partial charge in [0.05, 0.1) is 0 Å². The average molecular weight is 371 g/mol. The van der Waals surface area contributed by atoms with Crippen LogP contribution in [0.25, 0.3) is 0 Å². The minimum Gasteiger partial charge on any atom is -0.352 e. The highest BCUT2D eigenvalue weighted by atomic mass is 16.2. The molecule has 3 amide bonds. The third-order valence-corrected chi connectivity index (χ3v) is 3.67. The summed E-state index contributed by atoms with van der Waals surface area (Å²) in [4.78, 5) is 46.8. The standard InChI is InChI=1S/C18H21N5O4/c1-12(23-16(25)4-3-9-21-23)17(26)19-10-11-20-18(27)14-5-7-15(8-6-14)22-13(2)24/h3-9,12H,10-11H2,1-2H3,(H,19,26)(H,20,27)(H,22,24). The van der Waals surface area contributed by atoms with Gasteiger partial charge in [0, 0.05) is 43.5 Å². The van der Waals surface area contributed by atoms with Crippen molar-refractivity contribution in [2.75, 3.05) is 18.4 Å². The fraction of sp³-hybridized carbons (Fsp3) is 0.278. The van der Waals surface area contributed by atoms with Crippen molar-refractivity contribution in [2.45, 2.75) is 19.9 Å². The zero-order chi connectivity index (χ0) is 19.8. The fourth-order valence-electron chi connectivity index (χ4n) is 2.29. The Labute approximate surface area is 155 Å². The van der Waals surface area contributed by atoms with Crippen LogP contribution in [0.5, 0.6) is 0 Å². The number of benzene rings is 1. The first-order valence-electron chi connectivity index (χ1n) is 8.36. The maximum Gasteiger partial charge on any atom is 0.267 e. The van der Waals surface area contributed by atoms with E-state index in [4.69, 9.17) is 0 Å². The Kier molecular flexibility index (Phi) is 6.81. The molecule has 1 aromatic heterocycles. The molecule has 1 unspecified atom stereocenters. The van der Waals surface area contributed by atoms with Crippen LogP contribution in [0.3, 0.4) is 0 Å². The highest BCUT2D eigenvalue weighted by molar-refractivity contribution is 5.95. The first-order valence-corrected chi connectivity index (χ1v) is 8.36. The van der Waals surface area contributed by atoms with Crippen molar-refractivity contribution in [1.29, 1.82) is 0 Å². The van der Waals surface area contributed by atoms with Gasteiger partial charge in [0.25, 0.3) is 11.5 Å². The SMILES string of the molecule is CC(=O)Nc1ccc(C(=O)NCCNC(=O)C(C)n2ncccc2=O)cc1. The molecule has 2 aromatic rings. The molecule has 0 aliphatic rings. The molecule has 142 valence electrons. The Morgan fingerprint density at radius 2 is 1.74 bits per heavy atom. The van der Waals surface area contributed by atoms with Gasteiger partial charge < -0.3 is 16.0 Å². The Hall–Kier alpha value is -3.49. The predicted octanol–water partition coefficient (Wildman–Crippen LogP) is 0.309.